The van der Waals surface area contributed by atoms with Gasteiger partial charge in [-0.2, -0.15) is 0 Å². The molecule has 0 unspecified atom stereocenters. The van der Waals surface area contributed by atoms with Crippen LogP contribution in [0.2, 0.25) is 0 Å². The molecule has 1 aliphatic heterocycles. The fourth-order valence-corrected chi connectivity index (χ4v) is 2.86. The molecule has 0 bridgehead atoms. The molecule has 116 valence electrons. The van der Waals surface area contributed by atoms with E-state index >= 15 is 0 Å². The summed E-state index contributed by atoms with van der Waals surface area (Å²) in [4.78, 5) is 22.2. The number of nitrogens with one attached hydrogen (secondary N) is 3. The van der Waals surface area contributed by atoms with E-state index in [-0.39, 0.29) is 18.0 Å². The third-order valence-corrected chi connectivity index (χ3v) is 4.35. The van der Waals surface area contributed by atoms with E-state index in [9.17, 15) is 18.0 Å². The number of urea groups is 1. The summed E-state index contributed by atoms with van der Waals surface area (Å²) in [6, 6.07) is -0.318. The highest BCUT2D eigenvalue weighted by Crippen LogP contribution is 2.12. The summed E-state index contributed by atoms with van der Waals surface area (Å²) in [6.07, 6.45) is 2.40. The molecule has 0 spiro atoms. The number of hydrogen-bond donors (Lipinski definition) is 3. The molecule has 20 heavy (non-hydrogen) atoms. The number of nitrogens with zero attached hydrogens (tertiary/aromatic N) is 1. The minimum atomic E-state index is -3.14. The quantitative estimate of drug-likeness (QED) is 0.557. The van der Waals surface area contributed by atoms with Gasteiger partial charge in [0.2, 0.25) is 15.9 Å². The van der Waals surface area contributed by atoms with Crippen LogP contribution < -0.4 is 16.0 Å². The van der Waals surface area contributed by atoms with Gasteiger partial charge in [-0.05, 0) is 12.8 Å². The van der Waals surface area contributed by atoms with Crippen molar-refractivity contribution in [1.29, 1.82) is 0 Å². The van der Waals surface area contributed by atoms with Crippen molar-refractivity contribution in [2.75, 3.05) is 32.4 Å². The summed E-state index contributed by atoms with van der Waals surface area (Å²) in [6.45, 7) is 3.00. The number of hydrogen-bond acceptors (Lipinski definition) is 4. The molecular formula is C11H22N4O4S. The summed E-state index contributed by atoms with van der Waals surface area (Å²) >= 11 is 0. The Morgan fingerprint density at radius 2 is 1.70 bits per heavy atom. The Labute approximate surface area is 119 Å². The second-order valence-electron chi connectivity index (χ2n) is 4.82. The van der Waals surface area contributed by atoms with Gasteiger partial charge >= 0.3 is 6.03 Å². The van der Waals surface area contributed by atoms with E-state index in [1.807, 2.05) is 0 Å². The zero-order valence-electron chi connectivity index (χ0n) is 11.8. The standard InChI is InChI=1S/C11H22N4O4S/c1-9(16)12-5-6-13-11(17)14-10-3-7-15(8-4-10)20(2,18)19/h10H,3-8H2,1-2H3,(H,12,16)(H2,13,14,17). The molecule has 0 saturated carbocycles. The monoisotopic (exact) mass is 306 g/mol. The van der Waals surface area contributed by atoms with Crippen molar-refractivity contribution in [2.45, 2.75) is 25.8 Å². The van der Waals surface area contributed by atoms with E-state index in [2.05, 4.69) is 16.0 Å². The van der Waals surface area contributed by atoms with Gasteiger partial charge in [0.15, 0.2) is 0 Å². The van der Waals surface area contributed by atoms with Gasteiger partial charge in [0.1, 0.15) is 0 Å². The van der Waals surface area contributed by atoms with E-state index in [1.54, 1.807) is 0 Å². The summed E-state index contributed by atoms with van der Waals surface area (Å²) < 4.78 is 24.1. The maximum absolute atomic E-state index is 11.6. The summed E-state index contributed by atoms with van der Waals surface area (Å²) in [5.41, 5.74) is 0. The van der Waals surface area contributed by atoms with E-state index in [1.165, 1.54) is 17.5 Å². The Hall–Kier alpha value is -1.35. The fraction of sp³-hybridized carbons (Fsp3) is 0.818. The number of carbonyl (C=O) groups is 2. The van der Waals surface area contributed by atoms with Crippen molar-refractivity contribution in [3.05, 3.63) is 0 Å². The fourth-order valence-electron chi connectivity index (χ4n) is 1.98. The molecule has 0 radical (unpaired) electrons. The van der Waals surface area contributed by atoms with Crippen LogP contribution in [0, 0.1) is 0 Å². The van der Waals surface area contributed by atoms with Crippen molar-refractivity contribution in [3.63, 3.8) is 0 Å². The third-order valence-electron chi connectivity index (χ3n) is 3.04. The smallest absolute Gasteiger partial charge is 0.315 e. The molecule has 0 aliphatic carbocycles. The van der Waals surface area contributed by atoms with Gasteiger partial charge in [-0.15, -0.1) is 0 Å². The van der Waals surface area contributed by atoms with Crippen LogP contribution in [0.3, 0.4) is 0 Å². The second kappa shape index (κ2) is 7.44. The topological polar surface area (TPSA) is 108 Å². The van der Waals surface area contributed by atoms with Crippen LogP contribution in [0.1, 0.15) is 19.8 Å². The average molecular weight is 306 g/mol. The van der Waals surface area contributed by atoms with Crippen molar-refractivity contribution in [1.82, 2.24) is 20.3 Å². The van der Waals surface area contributed by atoms with Crippen LogP contribution in [-0.4, -0.2) is 63.1 Å². The van der Waals surface area contributed by atoms with Crippen molar-refractivity contribution >= 4 is 22.0 Å². The number of piperidine rings is 1. The Kier molecular flexibility index (Phi) is 6.21. The molecule has 1 heterocycles. The Bertz CT molecular complexity index is 443. The third kappa shape index (κ3) is 6.20. The summed E-state index contributed by atoms with van der Waals surface area (Å²) in [5, 5.41) is 8.00. The van der Waals surface area contributed by atoms with Gasteiger partial charge in [-0.1, -0.05) is 0 Å². The van der Waals surface area contributed by atoms with Crippen LogP contribution in [0.4, 0.5) is 4.79 Å². The lowest BCUT2D eigenvalue weighted by atomic mass is 10.1. The first-order chi connectivity index (χ1) is 9.29. The second-order valence-corrected chi connectivity index (χ2v) is 6.80. The van der Waals surface area contributed by atoms with Gasteiger partial charge in [-0.3, -0.25) is 4.79 Å². The number of carbonyl (C=O) groups excluding carboxylic acids is 2. The van der Waals surface area contributed by atoms with E-state index < -0.39 is 10.0 Å². The number of amides is 3. The van der Waals surface area contributed by atoms with Crippen LogP contribution in [0.25, 0.3) is 0 Å². The van der Waals surface area contributed by atoms with Gasteiger partial charge in [0.05, 0.1) is 6.26 Å². The molecule has 0 atom stereocenters. The number of sulfonamides is 1. The summed E-state index contributed by atoms with van der Waals surface area (Å²) in [5.74, 6) is -0.139. The minimum absolute atomic E-state index is 0.0197. The molecule has 0 aromatic rings. The highest BCUT2D eigenvalue weighted by molar-refractivity contribution is 7.88. The highest BCUT2D eigenvalue weighted by atomic mass is 32.2. The Balaban J connectivity index is 2.20. The van der Waals surface area contributed by atoms with Gasteiger partial charge in [-0.25, -0.2) is 17.5 Å². The lowest BCUT2D eigenvalue weighted by Gasteiger charge is -2.30. The van der Waals surface area contributed by atoms with Crippen LogP contribution in [0.15, 0.2) is 0 Å². The zero-order valence-corrected chi connectivity index (χ0v) is 12.6. The summed E-state index contributed by atoms with van der Waals surface area (Å²) in [7, 11) is -3.14. The van der Waals surface area contributed by atoms with Crippen LogP contribution in [0.5, 0.6) is 0 Å². The molecule has 0 aromatic carbocycles. The molecule has 3 amide bonds. The maximum atomic E-state index is 11.6. The molecule has 9 heteroatoms. The van der Waals surface area contributed by atoms with Crippen molar-refractivity contribution in [2.24, 2.45) is 0 Å². The first kappa shape index (κ1) is 16.7. The van der Waals surface area contributed by atoms with Crippen LogP contribution >= 0.6 is 0 Å². The average Bonchev–Trinajstić information content (AvgIpc) is 2.34. The van der Waals surface area contributed by atoms with Gasteiger partial charge in [0.25, 0.3) is 0 Å². The largest absolute Gasteiger partial charge is 0.355 e. The molecule has 1 aliphatic rings. The SMILES string of the molecule is CC(=O)NCCNC(=O)NC1CCN(S(C)(=O)=O)CC1. The molecule has 1 rings (SSSR count). The number of rotatable bonds is 5. The molecule has 1 fully saturated rings. The molecule has 8 nitrogen and oxygen atoms in total. The van der Waals surface area contributed by atoms with Gasteiger partial charge in [0, 0.05) is 39.1 Å². The predicted octanol–water partition coefficient (Wildman–Crippen LogP) is -1.15. The van der Waals surface area contributed by atoms with Crippen molar-refractivity contribution in [3.8, 4) is 0 Å². The van der Waals surface area contributed by atoms with Crippen LogP contribution in [-0.2, 0) is 14.8 Å². The Morgan fingerprint density at radius 1 is 1.15 bits per heavy atom. The van der Waals surface area contributed by atoms with Crippen molar-refractivity contribution < 1.29 is 18.0 Å². The van der Waals surface area contributed by atoms with E-state index in [0.717, 1.165) is 0 Å². The molecule has 1 saturated heterocycles. The minimum Gasteiger partial charge on any atom is -0.355 e. The highest BCUT2D eigenvalue weighted by Gasteiger charge is 2.25. The Morgan fingerprint density at radius 3 is 2.20 bits per heavy atom. The van der Waals surface area contributed by atoms with E-state index in [4.69, 9.17) is 0 Å². The molecule has 3 N–H and O–H groups in total. The lowest BCUT2D eigenvalue weighted by molar-refractivity contribution is -0.118. The molecule has 0 aromatic heterocycles. The van der Waals surface area contributed by atoms with E-state index in [0.29, 0.717) is 39.0 Å². The lowest BCUT2D eigenvalue weighted by Crippen LogP contribution is -2.49. The first-order valence-electron chi connectivity index (χ1n) is 6.53. The first-order valence-corrected chi connectivity index (χ1v) is 8.38. The molecular weight excluding hydrogens is 284 g/mol. The zero-order chi connectivity index (χ0) is 15.2. The predicted molar refractivity (Wildman–Crippen MR) is 74.7 cm³/mol. The maximum Gasteiger partial charge on any atom is 0.315 e. The normalized spacial score (nSPS) is 17.5. The van der Waals surface area contributed by atoms with Gasteiger partial charge < -0.3 is 16.0 Å².